The number of carbonyl (C=O) groups excluding carboxylic acids is 1. The Labute approximate surface area is 171 Å². The van der Waals surface area contributed by atoms with Gasteiger partial charge in [0.25, 0.3) is 5.91 Å². The minimum absolute atomic E-state index is 0.139. The number of nitrogens with zero attached hydrogens (tertiary/aromatic N) is 1. The number of aromatic amines is 1. The Kier molecular flexibility index (Phi) is 5.38. The second-order valence-corrected chi connectivity index (χ2v) is 8.13. The average molecular weight is 389 g/mol. The van der Waals surface area contributed by atoms with E-state index in [1.54, 1.807) is 6.21 Å². The Morgan fingerprint density at radius 3 is 2.79 bits per heavy atom. The van der Waals surface area contributed by atoms with Crippen LogP contribution in [0.15, 0.2) is 47.6 Å². The zero-order chi connectivity index (χ0) is 20.4. The van der Waals surface area contributed by atoms with Crippen molar-refractivity contribution in [2.24, 2.45) is 11.0 Å². The third-order valence-electron chi connectivity index (χ3n) is 5.33. The van der Waals surface area contributed by atoms with E-state index in [0.29, 0.717) is 11.5 Å². The Hall–Kier alpha value is -3.08. The van der Waals surface area contributed by atoms with Gasteiger partial charge in [0.2, 0.25) is 0 Å². The third kappa shape index (κ3) is 4.34. The zero-order valence-electron chi connectivity index (χ0n) is 17.2. The smallest absolute Gasteiger partial charge is 0.271 e. The number of carbonyl (C=O) groups is 1. The lowest BCUT2D eigenvalue weighted by atomic mass is 9.87. The molecule has 1 heterocycles. The number of benzene rings is 2. The Morgan fingerprint density at radius 2 is 2.03 bits per heavy atom. The molecule has 2 N–H and O–H groups in total. The highest BCUT2D eigenvalue weighted by atomic mass is 16.5. The Balaban J connectivity index is 1.45. The number of H-pyrrole nitrogens is 1. The van der Waals surface area contributed by atoms with Gasteiger partial charge in [0.05, 0.1) is 12.3 Å². The van der Waals surface area contributed by atoms with E-state index in [-0.39, 0.29) is 12.0 Å². The molecule has 5 nitrogen and oxygen atoms in total. The number of rotatable bonds is 5. The summed E-state index contributed by atoms with van der Waals surface area (Å²) in [5.41, 5.74) is 7.93. The lowest BCUT2D eigenvalue weighted by Crippen LogP contribution is -2.17. The molecule has 1 amide bonds. The van der Waals surface area contributed by atoms with Crippen LogP contribution >= 0.6 is 0 Å². The summed E-state index contributed by atoms with van der Waals surface area (Å²) in [6.07, 6.45) is 5.13. The van der Waals surface area contributed by atoms with Crippen LogP contribution in [0.1, 0.15) is 54.4 Å². The molecule has 1 aromatic heterocycles. The van der Waals surface area contributed by atoms with Gasteiger partial charge in [-0.15, -0.1) is 0 Å². The molecule has 5 heteroatoms. The molecule has 150 valence electrons. The standard InChI is InChI=1S/C24H27N3O2/c1-15(2)29-19-8-5-17(6-9-19)14-25-27-24(28)18-7-11-23-21(13-18)20-12-16(3)4-10-22(20)26-23/h5-9,11,13-16,26H,4,10,12H2,1-3H3,(H,27,28)/b25-14-. The fourth-order valence-corrected chi connectivity index (χ4v) is 3.87. The summed E-state index contributed by atoms with van der Waals surface area (Å²) in [7, 11) is 0. The summed E-state index contributed by atoms with van der Waals surface area (Å²) < 4.78 is 5.63. The predicted molar refractivity (Wildman–Crippen MR) is 117 cm³/mol. The normalized spacial score (nSPS) is 16.3. The zero-order valence-corrected chi connectivity index (χ0v) is 17.2. The maximum Gasteiger partial charge on any atom is 0.271 e. The van der Waals surface area contributed by atoms with E-state index in [4.69, 9.17) is 4.74 Å². The van der Waals surface area contributed by atoms with Gasteiger partial charge in [0, 0.05) is 22.2 Å². The predicted octanol–water partition coefficient (Wildman–Crippen LogP) is 4.84. The molecule has 0 radical (unpaired) electrons. The fourth-order valence-electron chi connectivity index (χ4n) is 3.87. The van der Waals surface area contributed by atoms with Crippen LogP contribution in [0, 0.1) is 5.92 Å². The van der Waals surface area contributed by atoms with Crippen molar-refractivity contribution in [2.45, 2.75) is 46.1 Å². The molecular weight excluding hydrogens is 362 g/mol. The first kappa shape index (κ1) is 19.2. The summed E-state index contributed by atoms with van der Waals surface area (Å²) >= 11 is 0. The molecule has 0 bridgehead atoms. The minimum Gasteiger partial charge on any atom is -0.491 e. The van der Waals surface area contributed by atoms with Crippen LogP contribution < -0.4 is 10.2 Å². The molecule has 0 saturated carbocycles. The van der Waals surface area contributed by atoms with Crippen molar-refractivity contribution in [2.75, 3.05) is 0 Å². The molecular formula is C24H27N3O2. The van der Waals surface area contributed by atoms with Crippen molar-refractivity contribution in [3.8, 4) is 5.75 Å². The summed E-state index contributed by atoms with van der Waals surface area (Å²) in [6, 6.07) is 13.4. The second-order valence-electron chi connectivity index (χ2n) is 8.13. The topological polar surface area (TPSA) is 66.5 Å². The van der Waals surface area contributed by atoms with Gasteiger partial charge < -0.3 is 9.72 Å². The van der Waals surface area contributed by atoms with Gasteiger partial charge in [0.1, 0.15) is 5.75 Å². The first-order valence-corrected chi connectivity index (χ1v) is 10.2. The SMILES string of the molecule is CC1CCc2[nH]c3ccc(C(=O)N/N=C\c4ccc(OC(C)C)cc4)cc3c2C1. The number of nitrogens with one attached hydrogen (secondary N) is 2. The first-order valence-electron chi connectivity index (χ1n) is 10.2. The van der Waals surface area contributed by atoms with E-state index in [0.717, 1.165) is 35.1 Å². The second kappa shape index (κ2) is 8.11. The van der Waals surface area contributed by atoms with E-state index >= 15 is 0 Å². The minimum atomic E-state index is -0.207. The van der Waals surface area contributed by atoms with E-state index in [1.807, 2.05) is 56.3 Å². The molecule has 0 spiro atoms. The molecule has 1 aliphatic carbocycles. The van der Waals surface area contributed by atoms with Crippen LogP contribution in [0.2, 0.25) is 0 Å². The lowest BCUT2D eigenvalue weighted by molar-refractivity contribution is 0.0955. The number of ether oxygens (including phenoxy) is 1. The van der Waals surface area contributed by atoms with Crippen molar-refractivity contribution >= 4 is 23.0 Å². The number of aryl methyl sites for hydroxylation is 1. The van der Waals surface area contributed by atoms with Crippen molar-refractivity contribution in [1.29, 1.82) is 0 Å². The molecule has 29 heavy (non-hydrogen) atoms. The summed E-state index contributed by atoms with van der Waals surface area (Å²) in [5, 5.41) is 5.26. The van der Waals surface area contributed by atoms with Crippen LogP contribution in [-0.4, -0.2) is 23.2 Å². The number of hydrazone groups is 1. The molecule has 0 saturated heterocycles. The van der Waals surface area contributed by atoms with Gasteiger partial charge in [-0.2, -0.15) is 5.10 Å². The van der Waals surface area contributed by atoms with Crippen LogP contribution in [-0.2, 0) is 12.8 Å². The molecule has 2 aromatic carbocycles. The Morgan fingerprint density at radius 1 is 1.24 bits per heavy atom. The van der Waals surface area contributed by atoms with Gasteiger partial charge in [0.15, 0.2) is 0 Å². The van der Waals surface area contributed by atoms with E-state index in [2.05, 4.69) is 22.4 Å². The highest BCUT2D eigenvalue weighted by molar-refractivity contribution is 5.99. The van der Waals surface area contributed by atoms with E-state index in [9.17, 15) is 4.79 Å². The van der Waals surface area contributed by atoms with Gasteiger partial charge in [-0.1, -0.05) is 6.92 Å². The fraction of sp³-hybridized carbons (Fsp3) is 0.333. The maximum atomic E-state index is 12.6. The van der Waals surface area contributed by atoms with E-state index in [1.165, 1.54) is 17.7 Å². The molecule has 1 aliphatic rings. The van der Waals surface area contributed by atoms with Gasteiger partial charge in [-0.3, -0.25) is 4.79 Å². The van der Waals surface area contributed by atoms with Gasteiger partial charge in [-0.05, 0) is 92.6 Å². The van der Waals surface area contributed by atoms with Crippen LogP contribution in [0.4, 0.5) is 0 Å². The quantitative estimate of drug-likeness (QED) is 0.484. The summed E-state index contributed by atoms with van der Waals surface area (Å²) in [5.74, 6) is 1.29. The Bertz CT molecular complexity index is 1050. The van der Waals surface area contributed by atoms with Crippen molar-refractivity contribution in [1.82, 2.24) is 10.4 Å². The molecule has 0 fully saturated rings. The highest BCUT2D eigenvalue weighted by Gasteiger charge is 2.20. The van der Waals surface area contributed by atoms with Crippen LogP contribution in [0.25, 0.3) is 10.9 Å². The molecule has 1 atom stereocenters. The maximum absolute atomic E-state index is 12.6. The third-order valence-corrected chi connectivity index (χ3v) is 5.33. The number of fused-ring (bicyclic) bond motifs is 3. The first-order chi connectivity index (χ1) is 14.0. The van der Waals surface area contributed by atoms with Crippen LogP contribution in [0.3, 0.4) is 0 Å². The number of amides is 1. The van der Waals surface area contributed by atoms with Gasteiger partial charge >= 0.3 is 0 Å². The number of hydrogen-bond donors (Lipinski definition) is 2. The lowest BCUT2D eigenvalue weighted by Gasteiger charge is -2.18. The number of hydrogen-bond acceptors (Lipinski definition) is 3. The van der Waals surface area contributed by atoms with Gasteiger partial charge in [-0.25, -0.2) is 5.43 Å². The van der Waals surface area contributed by atoms with Crippen LogP contribution in [0.5, 0.6) is 5.75 Å². The average Bonchev–Trinajstić information content (AvgIpc) is 3.06. The monoisotopic (exact) mass is 389 g/mol. The molecule has 0 aliphatic heterocycles. The number of aromatic nitrogens is 1. The largest absolute Gasteiger partial charge is 0.491 e. The van der Waals surface area contributed by atoms with E-state index < -0.39 is 0 Å². The summed E-state index contributed by atoms with van der Waals surface area (Å²) in [4.78, 5) is 16.1. The summed E-state index contributed by atoms with van der Waals surface area (Å²) in [6.45, 7) is 6.27. The van der Waals surface area contributed by atoms with Crippen molar-refractivity contribution in [3.63, 3.8) is 0 Å². The molecule has 1 unspecified atom stereocenters. The molecule has 4 rings (SSSR count). The van der Waals surface area contributed by atoms with Crippen molar-refractivity contribution in [3.05, 3.63) is 64.8 Å². The van der Waals surface area contributed by atoms with Crippen molar-refractivity contribution < 1.29 is 9.53 Å². The highest BCUT2D eigenvalue weighted by Crippen LogP contribution is 2.32. The molecule has 3 aromatic rings.